The molecule has 0 saturated carbocycles. The second kappa shape index (κ2) is 12.5. The molecule has 1 fully saturated rings. The normalized spacial score (nSPS) is 14.1. The number of aryl methyl sites for hydroxylation is 1. The van der Waals surface area contributed by atoms with E-state index in [0.717, 1.165) is 61.8 Å². The molecule has 0 bridgehead atoms. The summed E-state index contributed by atoms with van der Waals surface area (Å²) in [6.07, 6.45) is 7.71. The van der Waals surface area contributed by atoms with Gasteiger partial charge in [0.15, 0.2) is 0 Å². The predicted octanol–water partition coefficient (Wildman–Crippen LogP) is 4.64. The van der Waals surface area contributed by atoms with Gasteiger partial charge < -0.3 is 24.1 Å². The number of halogens is 1. The quantitative estimate of drug-likeness (QED) is 0.387. The molecule has 3 heterocycles. The summed E-state index contributed by atoms with van der Waals surface area (Å²) in [7, 11) is 1.54. The third-order valence-corrected chi connectivity index (χ3v) is 6.36. The zero-order valence-electron chi connectivity index (χ0n) is 20.8. The molecule has 0 aliphatic carbocycles. The third-order valence-electron chi connectivity index (χ3n) is 6.36. The standard InChI is InChI=1S/C27H33FN4O4/c1-19-5-8-25(36-19)21-17-30-27(31-18-21)32-12-9-20(10-13-32)4-3-14-35-22-6-7-23(24(28)16-22)26(33)29-11-15-34-2/h5-8,16-18,20H,3-4,9-15H2,1-2H3,(H,29,33). The number of carbonyl (C=O) groups excluding carboxylic acids is 1. The number of piperidine rings is 1. The number of carbonyl (C=O) groups is 1. The Morgan fingerprint density at radius 2 is 1.94 bits per heavy atom. The first kappa shape index (κ1) is 25.6. The largest absolute Gasteiger partial charge is 0.493 e. The van der Waals surface area contributed by atoms with Crippen molar-refractivity contribution in [3.05, 3.63) is 59.9 Å². The van der Waals surface area contributed by atoms with E-state index in [4.69, 9.17) is 13.9 Å². The SMILES string of the molecule is COCCNC(=O)c1ccc(OCCCC2CCN(c3ncc(-c4ccc(C)o4)cn3)CC2)cc1F. The van der Waals surface area contributed by atoms with Gasteiger partial charge in [-0.15, -0.1) is 0 Å². The first-order chi connectivity index (χ1) is 17.5. The fourth-order valence-corrected chi connectivity index (χ4v) is 4.32. The predicted molar refractivity (Wildman–Crippen MR) is 135 cm³/mol. The molecule has 2 aromatic heterocycles. The number of hydrogen-bond donors (Lipinski definition) is 1. The molecule has 1 aliphatic heterocycles. The van der Waals surface area contributed by atoms with Gasteiger partial charge in [0.1, 0.15) is 23.1 Å². The van der Waals surface area contributed by atoms with Crippen molar-refractivity contribution in [2.24, 2.45) is 5.92 Å². The number of hydrogen-bond acceptors (Lipinski definition) is 7. The number of nitrogens with one attached hydrogen (secondary N) is 1. The molecule has 192 valence electrons. The average molecular weight is 497 g/mol. The zero-order chi connectivity index (χ0) is 25.3. The van der Waals surface area contributed by atoms with Crippen LogP contribution in [0.5, 0.6) is 5.75 Å². The fourth-order valence-electron chi connectivity index (χ4n) is 4.32. The minimum Gasteiger partial charge on any atom is -0.493 e. The third kappa shape index (κ3) is 6.81. The molecule has 1 N–H and O–H groups in total. The zero-order valence-corrected chi connectivity index (χ0v) is 20.8. The molecule has 0 spiro atoms. The van der Waals surface area contributed by atoms with E-state index in [1.807, 2.05) is 31.5 Å². The Bertz CT molecular complexity index is 1130. The number of anilines is 1. The van der Waals surface area contributed by atoms with Crippen molar-refractivity contribution in [1.82, 2.24) is 15.3 Å². The number of aromatic nitrogens is 2. The van der Waals surface area contributed by atoms with Gasteiger partial charge in [0.2, 0.25) is 5.95 Å². The van der Waals surface area contributed by atoms with Crippen LogP contribution in [0.25, 0.3) is 11.3 Å². The van der Waals surface area contributed by atoms with Gasteiger partial charge in [-0.05, 0) is 62.8 Å². The van der Waals surface area contributed by atoms with Crippen LogP contribution < -0.4 is 15.0 Å². The van der Waals surface area contributed by atoms with Gasteiger partial charge in [-0.25, -0.2) is 14.4 Å². The van der Waals surface area contributed by atoms with E-state index in [0.29, 0.717) is 31.4 Å². The molecule has 0 unspecified atom stereocenters. The monoisotopic (exact) mass is 496 g/mol. The maximum absolute atomic E-state index is 14.3. The van der Waals surface area contributed by atoms with E-state index in [1.165, 1.54) is 12.1 Å². The van der Waals surface area contributed by atoms with Gasteiger partial charge in [0.05, 0.1) is 24.3 Å². The topological polar surface area (TPSA) is 89.7 Å². The molecule has 9 heteroatoms. The van der Waals surface area contributed by atoms with Crippen LogP contribution in [0.4, 0.5) is 10.3 Å². The average Bonchev–Trinajstić information content (AvgIpc) is 3.33. The lowest BCUT2D eigenvalue weighted by atomic mass is 9.92. The molecular formula is C27H33FN4O4. The molecule has 36 heavy (non-hydrogen) atoms. The highest BCUT2D eigenvalue weighted by molar-refractivity contribution is 5.94. The van der Waals surface area contributed by atoms with Crippen LogP contribution in [0.15, 0.2) is 47.1 Å². The molecule has 0 atom stereocenters. The van der Waals surface area contributed by atoms with Crippen molar-refractivity contribution in [2.45, 2.75) is 32.6 Å². The number of benzene rings is 1. The summed E-state index contributed by atoms with van der Waals surface area (Å²) in [4.78, 5) is 23.3. The fraction of sp³-hybridized carbons (Fsp3) is 0.444. The highest BCUT2D eigenvalue weighted by atomic mass is 19.1. The van der Waals surface area contributed by atoms with Crippen LogP contribution in [0.2, 0.25) is 0 Å². The van der Waals surface area contributed by atoms with E-state index in [1.54, 1.807) is 13.2 Å². The van der Waals surface area contributed by atoms with Gasteiger partial charge in [0.25, 0.3) is 5.91 Å². The molecule has 0 radical (unpaired) electrons. The van der Waals surface area contributed by atoms with Gasteiger partial charge >= 0.3 is 0 Å². The number of furan rings is 1. The van der Waals surface area contributed by atoms with Crippen LogP contribution in [0.1, 0.15) is 41.8 Å². The maximum atomic E-state index is 14.3. The Morgan fingerprint density at radius 1 is 1.17 bits per heavy atom. The molecule has 8 nitrogen and oxygen atoms in total. The highest BCUT2D eigenvalue weighted by Crippen LogP contribution is 2.26. The molecular weight excluding hydrogens is 463 g/mol. The molecule has 1 aliphatic rings. The van der Waals surface area contributed by atoms with E-state index in [9.17, 15) is 9.18 Å². The van der Waals surface area contributed by atoms with Gasteiger partial charge in [-0.3, -0.25) is 4.79 Å². The number of methoxy groups -OCH3 is 1. The van der Waals surface area contributed by atoms with Crippen molar-refractivity contribution in [2.75, 3.05) is 44.9 Å². The molecule has 1 aromatic carbocycles. The Labute approximate surface area is 210 Å². The first-order valence-corrected chi connectivity index (χ1v) is 12.4. The van der Waals surface area contributed by atoms with E-state index in [-0.39, 0.29) is 5.56 Å². The number of amides is 1. The summed E-state index contributed by atoms with van der Waals surface area (Å²) >= 11 is 0. The first-order valence-electron chi connectivity index (χ1n) is 12.4. The summed E-state index contributed by atoms with van der Waals surface area (Å²) in [5, 5.41) is 2.61. The maximum Gasteiger partial charge on any atom is 0.254 e. The van der Waals surface area contributed by atoms with Gasteiger partial charge in [-0.2, -0.15) is 0 Å². The van der Waals surface area contributed by atoms with Crippen LogP contribution in [0, 0.1) is 18.7 Å². The molecule has 1 amide bonds. The van der Waals surface area contributed by atoms with Crippen molar-refractivity contribution in [1.29, 1.82) is 0 Å². The summed E-state index contributed by atoms with van der Waals surface area (Å²) < 4.78 is 30.5. The minimum atomic E-state index is -0.593. The van der Waals surface area contributed by atoms with Crippen molar-refractivity contribution in [3.63, 3.8) is 0 Å². The van der Waals surface area contributed by atoms with E-state index >= 15 is 0 Å². The molecule has 4 rings (SSSR count). The van der Waals surface area contributed by atoms with Crippen LogP contribution in [-0.2, 0) is 4.74 Å². The van der Waals surface area contributed by atoms with Gasteiger partial charge in [-0.1, -0.05) is 0 Å². The summed E-state index contributed by atoms with van der Waals surface area (Å²) in [5.74, 6) is 2.39. The number of rotatable bonds is 11. The molecule has 3 aromatic rings. The second-order valence-corrected chi connectivity index (χ2v) is 8.99. The van der Waals surface area contributed by atoms with Crippen LogP contribution in [0.3, 0.4) is 0 Å². The Kier molecular flexibility index (Phi) is 8.89. The molecule has 1 saturated heterocycles. The van der Waals surface area contributed by atoms with Crippen LogP contribution in [-0.4, -0.2) is 55.8 Å². The lowest BCUT2D eigenvalue weighted by Gasteiger charge is -2.32. The van der Waals surface area contributed by atoms with E-state index < -0.39 is 11.7 Å². The van der Waals surface area contributed by atoms with Crippen LogP contribution >= 0.6 is 0 Å². The lowest BCUT2D eigenvalue weighted by Crippen LogP contribution is -2.34. The summed E-state index contributed by atoms with van der Waals surface area (Å²) in [6.45, 7) is 4.97. The smallest absolute Gasteiger partial charge is 0.254 e. The second-order valence-electron chi connectivity index (χ2n) is 8.99. The number of nitrogens with zero attached hydrogens (tertiary/aromatic N) is 3. The van der Waals surface area contributed by atoms with E-state index in [2.05, 4.69) is 20.2 Å². The van der Waals surface area contributed by atoms with Gasteiger partial charge in [0, 0.05) is 45.2 Å². The lowest BCUT2D eigenvalue weighted by molar-refractivity contribution is 0.0933. The Morgan fingerprint density at radius 3 is 2.61 bits per heavy atom. The van der Waals surface area contributed by atoms with Crippen molar-refractivity contribution in [3.8, 4) is 17.1 Å². The minimum absolute atomic E-state index is 0.0000969. The van der Waals surface area contributed by atoms with Crippen molar-refractivity contribution < 1.29 is 23.1 Å². The number of ether oxygens (including phenoxy) is 2. The summed E-state index contributed by atoms with van der Waals surface area (Å²) in [6, 6.07) is 8.21. The summed E-state index contributed by atoms with van der Waals surface area (Å²) in [5.41, 5.74) is 0.876. The van der Waals surface area contributed by atoms with Crippen molar-refractivity contribution >= 4 is 11.9 Å². The Hall–Kier alpha value is -3.46. The Balaban J connectivity index is 1.16. The highest BCUT2D eigenvalue weighted by Gasteiger charge is 2.21.